The molecule has 0 aromatic heterocycles. The lowest BCUT2D eigenvalue weighted by Gasteiger charge is -2.21. The molecule has 0 spiro atoms. The summed E-state index contributed by atoms with van der Waals surface area (Å²) in [5.41, 5.74) is 5.50. The number of hydrogen-bond acceptors (Lipinski definition) is 2. The van der Waals surface area contributed by atoms with Crippen LogP contribution in [0.25, 0.3) is 0 Å². The molecule has 0 atom stereocenters. The van der Waals surface area contributed by atoms with E-state index in [0.717, 1.165) is 29.8 Å². The second-order valence-corrected chi connectivity index (χ2v) is 4.66. The Bertz CT molecular complexity index is 638. The average Bonchev–Trinajstić information content (AvgIpc) is 2.82. The molecule has 0 saturated carbocycles. The van der Waals surface area contributed by atoms with Crippen molar-refractivity contribution in [1.29, 1.82) is 5.26 Å². The molecule has 88 valence electrons. The van der Waals surface area contributed by atoms with Crippen molar-refractivity contribution in [2.45, 2.75) is 13.3 Å². The van der Waals surface area contributed by atoms with Gasteiger partial charge in [0, 0.05) is 12.2 Å². The van der Waals surface area contributed by atoms with Crippen molar-refractivity contribution >= 4 is 11.4 Å². The summed E-state index contributed by atoms with van der Waals surface area (Å²) < 4.78 is 0. The van der Waals surface area contributed by atoms with Gasteiger partial charge in [-0.3, -0.25) is 0 Å². The number of rotatable bonds is 1. The van der Waals surface area contributed by atoms with Gasteiger partial charge < -0.3 is 4.90 Å². The van der Waals surface area contributed by atoms with E-state index >= 15 is 0 Å². The molecular weight excluding hydrogens is 220 g/mol. The van der Waals surface area contributed by atoms with Gasteiger partial charge >= 0.3 is 0 Å². The van der Waals surface area contributed by atoms with Crippen molar-refractivity contribution in [2.24, 2.45) is 0 Å². The van der Waals surface area contributed by atoms with E-state index in [1.165, 1.54) is 11.3 Å². The normalized spacial score (nSPS) is 13.2. The molecule has 1 heterocycles. The summed E-state index contributed by atoms with van der Waals surface area (Å²) in [6.07, 6.45) is 1.05. The predicted molar refractivity (Wildman–Crippen MR) is 73.0 cm³/mol. The van der Waals surface area contributed by atoms with Crippen LogP contribution in [0.5, 0.6) is 0 Å². The largest absolute Gasteiger partial charge is 0.340 e. The molecule has 2 aromatic rings. The van der Waals surface area contributed by atoms with Crippen molar-refractivity contribution < 1.29 is 0 Å². The first-order chi connectivity index (χ1) is 8.79. The first kappa shape index (κ1) is 10.9. The van der Waals surface area contributed by atoms with Crippen LogP contribution >= 0.6 is 0 Å². The highest BCUT2D eigenvalue weighted by molar-refractivity contribution is 5.74. The SMILES string of the molecule is Cc1ccc(N2CCc3ccccc32)c(C#N)c1. The van der Waals surface area contributed by atoms with E-state index in [1.54, 1.807) is 0 Å². The monoisotopic (exact) mass is 234 g/mol. The topological polar surface area (TPSA) is 27.0 Å². The van der Waals surface area contributed by atoms with Gasteiger partial charge in [0.15, 0.2) is 0 Å². The molecule has 1 aliphatic rings. The predicted octanol–water partition coefficient (Wildman–Crippen LogP) is 3.56. The van der Waals surface area contributed by atoms with Crippen LogP contribution in [0.15, 0.2) is 42.5 Å². The van der Waals surface area contributed by atoms with E-state index in [2.05, 4.69) is 47.4 Å². The molecule has 0 radical (unpaired) electrons. The lowest BCUT2D eigenvalue weighted by molar-refractivity contribution is 0.995. The zero-order valence-corrected chi connectivity index (χ0v) is 10.4. The van der Waals surface area contributed by atoms with Gasteiger partial charge in [-0.15, -0.1) is 0 Å². The zero-order chi connectivity index (χ0) is 12.5. The summed E-state index contributed by atoms with van der Waals surface area (Å²) in [4.78, 5) is 2.24. The van der Waals surface area contributed by atoms with Gasteiger partial charge in [-0.25, -0.2) is 0 Å². The van der Waals surface area contributed by atoms with Crippen molar-refractivity contribution in [3.8, 4) is 6.07 Å². The van der Waals surface area contributed by atoms with Crippen LogP contribution in [0.3, 0.4) is 0 Å². The zero-order valence-electron chi connectivity index (χ0n) is 10.4. The molecule has 0 saturated heterocycles. The molecular formula is C16H14N2. The third-order valence-corrected chi connectivity index (χ3v) is 3.45. The van der Waals surface area contributed by atoms with Gasteiger partial charge in [0.1, 0.15) is 6.07 Å². The fourth-order valence-corrected chi connectivity index (χ4v) is 2.56. The van der Waals surface area contributed by atoms with E-state index in [4.69, 9.17) is 0 Å². The van der Waals surface area contributed by atoms with Crippen LogP contribution in [-0.4, -0.2) is 6.54 Å². The molecule has 0 amide bonds. The third kappa shape index (κ3) is 1.65. The van der Waals surface area contributed by atoms with Crippen LogP contribution in [0.1, 0.15) is 16.7 Å². The Hall–Kier alpha value is -2.27. The lowest BCUT2D eigenvalue weighted by atomic mass is 10.1. The molecule has 0 fully saturated rings. The second-order valence-electron chi connectivity index (χ2n) is 4.66. The smallest absolute Gasteiger partial charge is 0.101 e. The minimum absolute atomic E-state index is 0.756. The number of anilines is 2. The Balaban J connectivity index is 2.11. The van der Waals surface area contributed by atoms with E-state index in [-0.39, 0.29) is 0 Å². The van der Waals surface area contributed by atoms with Crippen LogP contribution in [0, 0.1) is 18.3 Å². The van der Waals surface area contributed by atoms with Crippen LogP contribution in [0.2, 0.25) is 0 Å². The Morgan fingerprint density at radius 2 is 1.94 bits per heavy atom. The van der Waals surface area contributed by atoms with Gasteiger partial charge in [-0.1, -0.05) is 24.3 Å². The van der Waals surface area contributed by atoms with Gasteiger partial charge in [0.25, 0.3) is 0 Å². The average molecular weight is 234 g/mol. The second kappa shape index (κ2) is 4.19. The molecule has 3 rings (SSSR count). The van der Waals surface area contributed by atoms with E-state index in [9.17, 15) is 5.26 Å². The first-order valence-corrected chi connectivity index (χ1v) is 6.16. The van der Waals surface area contributed by atoms with Crippen molar-refractivity contribution in [1.82, 2.24) is 0 Å². The number of nitrogens with zero attached hydrogens (tertiary/aromatic N) is 2. The molecule has 2 heteroatoms. The highest BCUT2D eigenvalue weighted by Gasteiger charge is 2.21. The Labute approximate surface area is 107 Å². The molecule has 0 unspecified atom stereocenters. The minimum atomic E-state index is 0.756. The summed E-state index contributed by atoms with van der Waals surface area (Å²) in [7, 11) is 0. The summed E-state index contributed by atoms with van der Waals surface area (Å²) >= 11 is 0. The summed E-state index contributed by atoms with van der Waals surface area (Å²) in [5.74, 6) is 0. The number of para-hydroxylation sites is 1. The molecule has 0 N–H and O–H groups in total. The fourth-order valence-electron chi connectivity index (χ4n) is 2.56. The van der Waals surface area contributed by atoms with Crippen molar-refractivity contribution in [3.05, 3.63) is 59.2 Å². The quantitative estimate of drug-likeness (QED) is 0.754. The van der Waals surface area contributed by atoms with Crippen LogP contribution < -0.4 is 4.90 Å². The van der Waals surface area contributed by atoms with Crippen LogP contribution in [0.4, 0.5) is 11.4 Å². The molecule has 0 aliphatic carbocycles. The van der Waals surface area contributed by atoms with E-state index in [1.807, 2.05) is 13.0 Å². The first-order valence-electron chi connectivity index (χ1n) is 6.16. The number of fused-ring (bicyclic) bond motifs is 1. The third-order valence-electron chi connectivity index (χ3n) is 3.45. The summed E-state index contributed by atoms with van der Waals surface area (Å²) in [6, 6.07) is 16.8. The molecule has 18 heavy (non-hydrogen) atoms. The Morgan fingerprint density at radius 1 is 1.11 bits per heavy atom. The maximum Gasteiger partial charge on any atom is 0.101 e. The molecule has 1 aliphatic heterocycles. The highest BCUT2D eigenvalue weighted by atomic mass is 15.2. The van der Waals surface area contributed by atoms with Crippen LogP contribution in [-0.2, 0) is 6.42 Å². The Morgan fingerprint density at radius 3 is 2.78 bits per heavy atom. The van der Waals surface area contributed by atoms with Crippen molar-refractivity contribution in [2.75, 3.05) is 11.4 Å². The standard InChI is InChI=1S/C16H14N2/c1-12-6-7-16(14(10-12)11-17)18-9-8-13-4-2-3-5-15(13)18/h2-7,10H,8-9H2,1H3. The van der Waals surface area contributed by atoms with Gasteiger partial charge in [-0.05, 0) is 42.7 Å². The number of aryl methyl sites for hydroxylation is 1. The minimum Gasteiger partial charge on any atom is -0.340 e. The van der Waals surface area contributed by atoms with Gasteiger partial charge in [0.2, 0.25) is 0 Å². The maximum atomic E-state index is 9.27. The summed E-state index contributed by atoms with van der Waals surface area (Å²) in [5, 5.41) is 9.27. The van der Waals surface area contributed by atoms with Gasteiger partial charge in [0.05, 0.1) is 11.3 Å². The fraction of sp³-hybridized carbons (Fsp3) is 0.188. The van der Waals surface area contributed by atoms with Crippen molar-refractivity contribution in [3.63, 3.8) is 0 Å². The van der Waals surface area contributed by atoms with E-state index in [0.29, 0.717) is 0 Å². The van der Waals surface area contributed by atoms with E-state index < -0.39 is 0 Å². The Kier molecular flexibility index (Phi) is 2.53. The summed E-state index contributed by atoms with van der Waals surface area (Å²) in [6.45, 7) is 2.97. The number of nitriles is 1. The number of benzene rings is 2. The van der Waals surface area contributed by atoms with Gasteiger partial charge in [-0.2, -0.15) is 5.26 Å². The molecule has 2 nitrogen and oxygen atoms in total. The molecule has 2 aromatic carbocycles. The maximum absolute atomic E-state index is 9.27. The molecule has 0 bridgehead atoms. The highest BCUT2D eigenvalue weighted by Crippen LogP contribution is 2.36. The lowest BCUT2D eigenvalue weighted by Crippen LogP contribution is -2.14. The number of hydrogen-bond donors (Lipinski definition) is 0.